The number of aromatic amines is 1. The van der Waals surface area contributed by atoms with E-state index < -0.39 is 6.10 Å². The molecule has 1 heterocycles. The van der Waals surface area contributed by atoms with E-state index in [1.54, 1.807) is 0 Å². The van der Waals surface area contributed by atoms with Gasteiger partial charge in [-0.15, -0.1) is 0 Å². The highest BCUT2D eigenvalue weighted by molar-refractivity contribution is 6.02. The van der Waals surface area contributed by atoms with E-state index in [0.29, 0.717) is 12.2 Å². The molecule has 0 spiro atoms. The summed E-state index contributed by atoms with van der Waals surface area (Å²) in [6, 6.07) is 17.5. The molecule has 4 aromatic rings. The van der Waals surface area contributed by atoms with Gasteiger partial charge in [-0.05, 0) is 79.5 Å². The molecule has 4 nitrogen and oxygen atoms in total. The molecule has 4 heteroatoms. The number of aliphatic hydroxyl groups is 1. The molecule has 216 valence electrons. The van der Waals surface area contributed by atoms with Gasteiger partial charge in [0.1, 0.15) is 0 Å². The van der Waals surface area contributed by atoms with Crippen molar-refractivity contribution in [2.24, 2.45) is 0 Å². The van der Waals surface area contributed by atoms with Crippen LogP contribution in [0.2, 0.25) is 0 Å². The number of Topliss-reactive ketones (excluding diaryl/α,β-unsaturated/α-hetero) is 1. The predicted octanol–water partition coefficient (Wildman–Crippen LogP) is 8.90. The Balaban J connectivity index is 1.38. The van der Waals surface area contributed by atoms with Gasteiger partial charge in [0.15, 0.2) is 5.78 Å². The van der Waals surface area contributed by atoms with Crippen LogP contribution in [0.4, 0.5) is 5.69 Å². The maximum atomic E-state index is 12.8. The predicted molar refractivity (Wildman–Crippen MR) is 171 cm³/mol. The molecule has 0 saturated heterocycles. The summed E-state index contributed by atoms with van der Waals surface area (Å²) in [5, 5.41) is 15.0. The van der Waals surface area contributed by atoms with Gasteiger partial charge in [-0.1, -0.05) is 82.0 Å². The number of nitrogens with one attached hydrogen (secondary N) is 2. The maximum Gasteiger partial charge on any atom is 0.163 e. The summed E-state index contributed by atoms with van der Waals surface area (Å²) in [5.74, 6) is 0.306. The molecular weight excluding hydrogens is 504 g/mol. The summed E-state index contributed by atoms with van der Waals surface area (Å²) in [7, 11) is 0. The lowest BCUT2D eigenvalue weighted by Gasteiger charge is -2.34. The Morgan fingerprint density at radius 3 is 2.61 bits per heavy atom. The van der Waals surface area contributed by atoms with E-state index in [-0.39, 0.29) is 5.41 Å². The normalized spacial score (nSPS) is 15.2. The number of aliphatic hydroxyl groups excluding tert-OH is 1. The molecule has 0 radical (unpaired) electrons. The van der Waals surface area contributed by atoms with E-state index in [1.165, 1.54) is 58.9 Å². The van der Waals surface area contributed by atoms with Crippen LogP contribution < -0.4 is 5.32 Å². The number of aryl methyl sites for hydroxylation is 2. The zero-order valence-electron chi connectivity index (χ0n) is 25.5. The molecule has 1 aliphatic rings. The minimum Gasteiger partial charge on any atom is -0.389 e. The molecule has 3 N–H and O–H groups in total. The van der Waals surface area contributed by atoms with Crippen LogP contribution in [0.3, 0.4) is 0 Å². The fraction of sp³-hybridized carbons (Fsp3) is 0.432. The zero-order chi connectivity index (χ0) is 29.1. The number of benzene rings is 3. The smallest absolute Gasteiger partial charge is 0.163 e. The lowest BCUT2D eigenvalue weighted by atomic mass is 9.70. The number of hydrogen-bond acceptors (Lipinski definition) is 3. The third-order valence-corrected chi connectivity index (χ3v) is 9.38. The molecule has 41 heavy (non-hydrogen) atoms. The first kappa shape index (κ1) is 29.1. The fourth-order valence-electron chi connectivity index (χ4n) is 6.96. The molecule has 5 rings (SSSR count). The molecule has 0 bridgehead atoms. The van der Waals surface area contributed by atoms with Crippen molar-refractivity contribution in [2.45, 2.75) is 97.5 Å². The summed E-state index contributed by atoms with van der Waals surface area (Å²) in [6.45, 7) is 11.6. The van der Waals surface area contributed by atoms with Crippen LogP contribution in [-0.4, -0.2) is 22.4 Å². The van der Waals surface area contributed by atoms with Crippen LogP contribution in [0.15, 0.2) is 54.7 Å². The Morgan fingerprint density at radius 1 is 1.02 bits per heavy atom. The van der Waals surface area contributed by atoms with Gasteiger partial charge in [0, 0.05) is 46.8 Å². The summed E-state index contributed by atoms with van der Waals surface area (Å²) in [6.07, 6.45) is 9.96. The molecule has 1 aliphatic carbocycles. The van der Waals surface area contributed by atoms with Crippen LogP contribution in [0, 0.1) is 13.8 Å². The fourth-order valence-corrected chi connectivity index (χ4v) is 6.96. The first-order chi connectivity index (χ1) is 19.7. The van der Waals surface area contributed by atoms with Crippen LogP contribution >= 0.6 is 0 Å². The van der Waals surface area contributed by atoms with Gasteiger partial charge in [0.25, 0.3) is 0 Å². The molecule has 2 atom stereocenters. The Bertz CT molecular complexity index is 1550. The van der Waals surface area contributed by atoms with Gasteiger partial charge in [0.2, 0.25) is 0 Å². The average Bonchev–Trinajstić information content (AvgIpc) is 3.56. The molecule has 1 aromatic heterocycles. The number of carbonyl (C=O) groups is 1. The number of fused-ring (bicyclic) bond motifs is 2. The van der Waals surface area contributed by atoms with E-state index in [4.69, 9.17) is 0 Å². The van der Waals surface area contributed by atoms with Crippen molar-refractivity contribution in [1.82, 2.24) is 4.98 Å². The van der Waals surface area contributed by atoms with Crippen molar-refractivity contribution in [2.75, 3.05) is 11.9 Å². The topological polar surface area (TPSA) is 65.1 Å². The van der Waals surface area contributed by atoms with Gasteiger partial charge >= 0.3 is 0 Å². The first-order valence-corrected chi connectivity index (χ1v) is 15.5. The highest BCUT2D eigenvalue weighted by Crippen LogP contribution is 2.43. The minimum atomic E-state index is -0.497. The molecule has 0 fully saturated rings. The van der Waals surface area contributed by atoms with Gasteiger partial charge < -0.3 is 15.4 Å². The summed E-state index contributed by atoms with van der Waals surface area (Å²) in [4.78, 5) is 16.2. The minimum absolute atomic E-state index is 0.134. The Hall–Kier alpha value is -3.37. The maximum absolute atomic E-state index is 12.8. The third-order valence-electron chi connectivity index (χ3n) is 9.38. The van der Waals surface area contributed by atoms with Gasteiger partial charge in [-0.25, -0.2) is 0 Å². The number of unbranched alkanes of at least 4 members (excludes halogenated alkanes) is 3. The standard InChI is InChI=1S/C37H46N2O2/c1-6-7-8-9-20-37(5,32-16-13-24(2)35-31(32)15-18-34(35)41)28-14-17-33(25(3)22-28)38-21-19-27-23-39-36-29(26(4)40)11-10-12-30(27)36/h10-14,16-17,22-23,26,38-40H,6-9,15,18-21H2,1-5H3. The van der Waals surface area contributed by atoms with Gasteiger partial charge in [-0.2, -0.15) is 0 Å². The monoisotopic (exact) mass is 550 g/mol. The molecular formula is C37H46N2O2. The van der Waals surface area contributed by atoms with Gasteiger partial charge in [-0.3, -0.25) is 4.79 Å². The Morgan fingerprint density at radius 2 is 1.85 bits per heavy atom. The number of ketones is 1. The second-order valence-corrected chi connectivity index (χ2v) is 12.3. The Kier molecular flexibility index (Phi) is 8.70. The molecule has 3 aromatic carbocycles. The van der Waals surface area contributed by atoms with Crippen molar-refractivity contribution in [3.05, 3.63) is 99.2 Å². The van der Waals surface area contributed by atoms with Crippen molar-refractivity contribution < 1.29 is 9.90 Å². The number of anilines is 1. The summed E-state index contributed by atoms with van der Waals surface area (Å²) >= 11 is 0. The lowest BCUT2D eigenvalue weighted by Crippen LogP contribution is -2.26. The van der Waals surface area contributed by atoms with Crippen LogP contribution in [0.1, 0.15) is 115 Å². The second kappa shape index (κ2) is 12.2. The van der Waals surface area contributed by atoms with Crippen molar-refractivity contribution in [3.63, 3.8) is 0 Å². The number of para-hydroxylation sites is 1. The Labute approximate surface area is 245 Å². The number of hydrogen-bond donors (Lipinski definition) is 3. The van der Waals surface area contributed by atoms with E-state index in [2.05, 4.69) is 80.6 Å². The third kappa shape index (κ3) is 5.72. The second-order valence-electron chi connectivity index (χ2n) is 12.3. The largest absolute Gasteiger partial charge is 0.389 e. The van der Waals surface area contributed by atoms with Crippen molar-refractivity contribution in [1.29, 1.82) is 0 Å². The number of H-pyrrole nitrogens is 1. The van der Waals surface area contributed by atoms with E-state index in [9.17, 15) is 9.90 Å². The number of carbonyl (C=O) groups excluding carboxylic acids is 1. The summed E-state index contributed by atoms with van der Waals surface area (Å²) in [5.41, 5.74) is 11.6. The zero-order valence-corrected chi connectivity index (χ0v) is 25.5. The molecule has 0 saturated carbocycles. The molecule has 0 amide bonds. The van der Waals surface area contributed by atoms with Gasteiger partial charge in [0.05, 0.1) is 11.6 Å². The number of aromatic nitrogens is 1. The van der Waals surface area contributed by atoms with E-state index in [0.717, 1.165) is 53.7 Å². The highest BCUT2D eigenvalue weighted by Gasteiger charge is 2.35. The van der Waals surface area contributed by atoms with Crippen LogP contribution in [-0.2, 0) is 18.3 Å². The lowest BCUT2D eigenvalue weighted by molar-refractivity contribution is 0.0994. The molecule has 0 aliphatic heterocycles. The highest BCUT2D eigenvalue weighted by atomic mass is 16.3. The average molecular weight is 551 g/mol. The summed E-state index contributed by atoms with van der Waals surface area (Å²) < 4.78 is 0. The van der Waals surface area contributed by atoms with Crippen molar-refractivity contribution >= 4 is 22.4 Å². The first-order valence-electron chi connectivity index (χ1n) is 15.5. The van der Waals surface area contributed by atoms with Crippen LogP contribution in [0.5, 0.6) is 0 Å². The molecule has 2 unspecified atom stereocenters. The van der Waals surface area contributed by atoms with E-state index >= 15 is 0 Å². The number of rotatable bonds is 12. The SMILES string of the molecule is CCCCCCC(C)(c1ccc(NCCc2c[nH]c3c(C(C)O)cccc23)c(C)c1)c1ccc(C)c2c1CCC2=O. The van der Waals surface area contributed by atoms with E-state index in [1.807, 2.05) is 19.1 Å². The van der Waals surface area contributed by atoms with Crippen molar-refractivity contribution in [3.8, 4) is 0 Å². The van der Waals surface area contributed by atoms with Crippen LogP contribution in [0.25, 0.3) is 10.9 Å². The quantitative estimate of drug-likeness (QED) is 0.154.